The second kappa shape index (κ2) is 6.14. The summed E-state index contributed by atoms with van der Waals surface area (Å²) < 4.78 is 1.01. The van der Waals surface area contributed by atoms with Gasteiger partial charge in [0, 0.05) is 0 Å². The quantitative estimate of drug-likeness (QED) is 0.854. The Balaban J connectivity index is 2.00. The number of carboxylic acids is 1. The Morgan fingerprint density at radius 3 is 2.62 bits per heavy atom. The number of carboxylic acid groups (broad SMARTS) is 1. The standard InChI is InChI=1S/C12H9ClN4O4/c13-8-4-2-1-3-7(8)11(19)14-10(18)6-17-5-9(12(20)21)15-16-17/h1-5H,6H2,(H,20,21)(H,14,18,19). The van der Waals surface area contributed by atoms with Crippen molar-refractivity contribution in [3.05, 3.63) is 46.7 Å². The first kappa shape index (κ1) is 14.7. The van der Waals surface area contributed by atoms with Crippen LogP contribution in [0.2, 0.25) is 5.02 Å². The Kier molecular flexibility index (Phi) is 4.29. The van der Waals surface area contributed by atoms with Crippen LogP contribution in [0, 0.1) is 0 Å². The first-order valence-corrected chi connectivity index (χ1v) is 6.07. The highest BCUT2D eigenvalue weighted by Crippen LogP contribution is 2.14. The zero-order chi connectivity index (χ0) is 15.4. The molecule has 9 heteroatoms. The van der Waals surface area contributed by atoms with Gasteiger partial charge in [-0.15, -0.1) is 5.10 Å². The van der Waals surface area contributed by atoms with Crippen LogP contribution in [0.1, 0.15) is 20.8 Å². The number of nitrogens with one attached hydrogen (secondary N) is 1. The number of imide groups is 1. The van der Waals surface area contributed by atoms with Crippen molar-refractivity contribution >= 4 is 29.4 Å². The predicted molar refractivity (Wildman–Crippen MR) is 70.9 cm³/mol. The number of nitrogens with zero attached hydrogens (tertiary/aromatic N) is 3. The second-order valence-corrected chi connectivity index (χ2v) is 4.37. The molecular weight excluding hydrogens is 300 g/mol. The highest BCUT2D eigenvalue weighted by molar-refractivity contribution is 6.34. The molecule has 2 aromatic rings. The molecule has 2 amide bonds. The van der Waals surface area contributed by atoms with Gasteiger partial charge in [0.05, 0.1) is 16.8 Å². The van der Waals surface area contributed by atoms with E-state index in [4.69, 9.17) is 16.7 Å². The lowest BCUT2D eigenvalue weighted by Crippen LogP contribution is -2.33. The molecule has 0 saturated heterocycles. The summed E-state index contributed by atoms with van der Waals surface area (Å²) in [5, 5.41) is 17.8. The molecule has 0 bridgehead atoms. The lowest BCUT2D eigenvalue weighted by atomic mass is 10.2. The van der Waals surface area contributed by atoms with Gasteiger partial charge in [-0.1, -0.05) is 28.9 Å². The van der Waals surface area contributed by atoms with Gasteiger partial charge in [-0.3, -0.25) is 14.9 Å². The minimum Gasteiger partial charge on any atom is -0.476 e. The highest BCUT2D eigenvalue weighted by Gasteiger charge is 2.15. The summed E-state index contributed by atoms with van der Waals surface area (Å²) in [6, 6.07) is 6.27. The van der Waals surface area contributed by atoms with Crippen LogP contribution in [0.4, 0.5) is 0 Å². The summed E-state index contributed by atoms with van der Waals surface area (Å²) in [6.07, 6.45) is 1.09. The predicted octanol–water partition coefficient (Wildman–Crippen LogP) is 0.586. The molecule has 1 aromatic carbocycles. The number of hydrogen-bond acceptors (Lipinski definition) is 5. The third kappa shape index (κ3) is 3.63. The Morgan fingerprint density at radius 1 is 1.29 bits per heavy atom. The number of carbonyl (C=O) groups excluding carboxylic acids is 2. The monoisotopic (exact) mass is 308 g/mol. The number of amides is 2. The lowest BCUT2D eigenvalue weighted by Gasteiger charge is -2.05. The summed E-state index contributed by atoms with van der Waals surface area (Å²) in [6.45, 7) is -0.337. The van der Waals surface area contributed by atoms with E-state index in [1.54, 1.807) is 12.1 Å². The summed E-state index contributed by atoms with van der Waals surface area (Å²) in [5.74, 6) is -2.57. The van der Waals surface area contributed by atoms with Crippen molar-refractivity contribution in [1.82, 2.24) is 20.3 Å². The molecule has 0 spiro atoms. The Bertz CT molecular complexity index is 713. The van der Waals surface area contributed by atoms with E-state index in [0.29, 0.717) is 0 Å². The SMILES string of the molecule is O=C(Cn1cc(C(=O)O)nn1)NC(=O)c1ccccc1Cl. The van der Waals surface area contributed by atoms with E-state index >= 15 is 0 Å². The van der Waals surface area contributed by atoms with Crippen LogP contribution in [0.15, 0.2) is 30.5 Å². The van der Waals surface area contributed by atoms with Crippen LogP contribution in [0.5, 0.6) is 0 Å². The molecule has 1 heterocycles. The molecule has 0 saturated carbocycles. The number of benzene rings is 1. The minimum atomic E-state index is -1.26. The van der Waals surface area contributed by atoms with Crippen LogP contribution in [0.25, 0.3) is 0 Å². The maximum Gasteiger partial charge on any atom is 0.358 e. The van der Waals surface area contributed by atoms with E-state index < -0.39 is 17.8 Å². The first-order valence-electron chi connectivity index (χ1n) is 5.69. The van der Waals surface area contributed by atoms with Gasteiger partial charge in [0.2, 0.25) is 5.91 Å². The van der Waals surface area contributed by atoms with Crippen LogP contribution in [-0.2, 0) is 11.3 Å². The Morgan fingerprint density at radius 2 is 2.00 bits per heavy atom. The van der Waals surface area contributed by atoms with Crippen molar-refractivity contribution in [3.8, 4) is 0 Å². The largest absolute Gasteiger partial charge is 0.476 e. The van der Waals surface area contributed by atoms with Crippen molar-refractivity contribution in [2.75, 3.05) is 0 Å². The van der Waals surface area contributed by atoms with E-state index in [2.05, 4.69) is 15.6 Å². The fourth-order valence-electron chi connectivity index (χ4n) is 1.50. The van der Waals surface area contributed by atoms with Crippen molar-refractivity contribution in [1.29, 1.82) is 0 Å². The molecule has 0 radical (unpaired) electrons. The van der Waals surface area contributed by atoms with Crippen LogP contribution in [-0.4, -0.2) is 37.9 Å². The summed E-state index contributed by atoms with van der Waals surface area (Å²) in [5.41, 5.74) is -0.127. The van der Waals surface area contributed by atoms with E-state index in [1.165, 1.54) is 12.1 Å². The van der Waals surface area contributed by atoms with E-state index in [1.807, 2.05) is 0 Å². The second-order valence-electron chi connectivity index (χ2n) is 3.96. The molecule has 0 aliphatic heterocycles. The van der Waals surface area contributed by atoms with Crippen LogP contribution in [0.3, 0.4) is 0 Å². The number of halogens is 1. The molecule has 0 aliphatic rings. The third-order valence-electron chi connectivity index (χ3n) is 2.43. The van der Waals surface area contributed by atoms with Crippen molar-refractivity contribution in [2.24, 2.45) is 0 Å². The minimum absolute atomic E-state index is 0.164. The summed E-state index contributed by atoms with van der Waals surface area (Å²) >= 11 is 5.84. The summed E-state index contributed by atoms with van der Waals surface area (Å²) in [7, 11) is 0. The first-order chi connectivity index (χ1) is 9.97. The molecule has 0 atom stereocenters. The number of carbonyl (C=O) groups is 3. The average molecular weight is 309 g/mol. The maximum absolute atomic E-state index is 11.8. The third-order valence-corrected chi connectivity index (χ3v) is 2.76. The van der Waals surface area contributed by atoms with E-state index in [-0.39, 0.29) is 22.8 Å². The summed E-state index contributed by atoms with van der Waals surface area (Å²) in [4.78, 5) is 34.1. The Hall–Kier alpha value is -2.74. The van der Waals surface area contributed by atoms with Crippen LogP contribution >= 0.6 is 11.6 Å². The Labute approximate surface area is 123 Å². The van der Waals surface area contributed by atoms with Gasteiger partial charge in [0.1, 0.15) is 6.54 Å². The van der Waals surface area contributed by atoms with Crippen LogP contribution < -0.4 is 5.32 Å². The van der Waals surface area contributed by atoms with E-state index in [9.17, 15) is 14.4 Å². The van der Waals surface area contributed by atoms with Crippen molar-refractivity contribution < 1.29 is 19.5 Å². The molecular formula is C12H9ClN4O4. The number of hydrogen-bond donors (Lipinski definition) is 2. The fourth-order valence-corrected chi connectivity index (χ4v) is 1.72. The zero-order valence-electron chi connectivity index (χ0n) is 10.5. The van der Waals surface area contributed by atoms with Gasteiger partial charge in [-0.2, -0.15) is 0 Å². The van der Waals surface area contributed by atoms with Crippen molar-refractivity contribution in [3.63, 3.8) is 0 Å². The molecule has 2 rings (SSSR count). The molecule has 1 aromatic heterocycles. The molecule has 0 aliphatic carbocycles. The molecule has 2 N–H and O–H groups in total. The van der Waals surface area contributed by atoms with Gasteiger partial charge < -0.3 is 5.11 Å². The maximum atomic E-state index is 11.8. The molecule has 108 valence electrons. The molecule has 21 heavy (non-hydrogen) atoms. The van der Waals surface area contributed by atoms with Gasteiger partial charge >= 0.3 is 5.97 Å². The number of rotatable bonds is 4. The zero-order valence-corrected chi connectivity index (χ0v) is 11.2. The smallest absolute Gasteiger partial charge is 0.358 e. The molecule has 8 nitrogen and oxygen atoms in total. The molecule has 0 fully saturated rings. The normalized spacial score (nSPS) is 10.1. The fraction of sp³-hybridized carbons (Fsp3) is 0.0833. The van der Waals surface area contributed by atoms with E-state index in [0.717, 1.165) is 10.9 Å². The van der Waals surface area contributed by atoms with Gasteiger partial charge in [0.25, 0.3) is 5.91 Å². The number of aromatic carboxylic acids is 1. The number of aromatic nitrogens is 3. The topological polar surface area (TPSA) is 114 Å². The average Bonchev–Trinajstić information content (AvgIpc) is 2.87. The van der Waals surface area contributed by atoms with Gasteiger partial charge in [0.15, 0.2) is 5.69 Å². The van der Waals surface area contributed by atoms with Crippen molar-refractivity contribution in [2.45, 2.75) is 6.54 Å². The van der Waals surface area contributed by atoms with Gasteiger partial charge in [-0.05, 0) is 12.1 Å². The lowest BCUT2D eigenvalue weighted by molar-refractivity contribution is -0.120. The highest BCUT2D eigenvalue weighted by atomic mass is 35.5. The van der Waals surface area contributed by atoms with Gasteiger partial charge in [-0.25, -0.2) is 9.48 Å². The molecule has 0 unspecified atom stereocenters.